The Labute approximate surface area is 109 Å². The van der Waals surface area contributed by atoms with Crippen molar-refractivity contribution in [2.45, 2.75) is 32.4 Å². The van der Waals surface area contributed by atoms with Crippen molar-refractivity contribution in [1.82, 2.24) is 9.97 Å². The molecule has 0 bridgehead atoms. The van der Waals surface area contributed by atoms with Crippen molar-refractivity contribution in [2.75, 3.05) is 5.32 Å². The first-order valence-electron chi connectivity index (χ1n) is 5.90. The minimum absolute atomic E-state index is 0.0116. The summed E-state index contributed by atoms with van der Waals surface area (Å²) < 4.78 is 0. The maximum atomic E-state index is 10.7. The topological polar surface area (TPSA) is 104 Å². The molecule has 0 radical (unpaired) electrons. The van der Waals surface area contributed by atoms with Crippen LogP contribution in [0.15, 0.2) is 18.2 Å². The summed E-state index contributed by atoms with van der Waals surface area (Å²) in [6.07, 6.45) is -0.574. The molecule has 1 atom stereocenters. The van der Waals surface area contributed by atoms with Crippen LogP contribution in [0.5, 0.6) is 0 Å². The van der Waals surface area contributed by atoms with E-state index in [4.69, 9.17) is 0 Å². The summed E-state index contributed by atoms with van der Waals surface area (Å²) in [5.41, 5.74) is 0.671. The summed E-state index contributed by atoms with van der Waals surface area (Å²) in [5, 5.41) is 23.4. The van der Waals surface area contributed by atoms with Crippen molar-refractivity contribution >= 4 is 22.7 Å². The number of nitro benzene ring substituents is 1. The zero-order valence-corrected chi connectivity index (χ0v) is 11.0. The number of hydrogen-bond acceptors (Lipinski definition) is 5. The van der Waals surface area contributed by atoms with E-state index in [1.807, 2.05) is 13.8 Å². The molecule has 3 N–H and O–H groups in total. The number of aromatic nitrogens is 2. The summed E-state index contributed by atoms with van der Waals surface area (Å²) in [5.74, 6) is 0.474. The third-order valence-electron chi connectivity index (χ3n) is 3.16. The minimum atomic E-state index is -0.574. The highest BCUT2D eigenvalue weighted by Crippen LogP contribution is 2.22. The standard InChI is InChI=1S/C12H16N4O3/c1-7(17)12(2,3)15-11-13-9-5-4-8(16(18)19)6-10(9)14-11/h4-7,17H,1-3H3,(H2,13,14,15). The molecule has 0 aliphatic heterocycles. The summed E-state index contributed by atoms with van der Waals surface area (Å²) >= 11 is 0. The Morgan fingerprint density at radius 1 is 1.53 bits per heavy atom. The van der Waals surface area contributed by atoms with Gasteiger partial charge in [-0.25, -0.2) is 4.98 Å². The second-order valence-electron chi connectivity index (χ2n) is 5.07. The number of aliphatic hydroxyl groups is 1. The lowest BCUT2D eigenvalue weighted by molar-refractivity contribution is -0.384. The molecule has 0 aliphatic rings. The lowest BCUT2D eigenvalue weighted by Crippen LogP contribution is -2.42. The minimum Gasteiger partial charge on any atom is -0.391 e. The number of aliphatic hydroxyl groups excluding tert-OH is 1. The Morgan fingerprint density at radius 3 is 2.79 bits per heavy atom. The predicted molar refractivity (Wildman–Crippen MR) is 72.1 cm³/mol. The fourth-order valence-corrected chi connectivity index (χ4v) is 1.58. The quantitative estimate of drug-likeness (QED) is 0.579. The predicted octanol–water partition coefficient (Wildman–Crippen LogP) is 2.04. The smallest absolute Gasteiger partial charge is 0.271 e. The van der Waals surface area contributed by atoms with Crippen molar-refractivity contribution in [1.29, 1.82) is 0 Å². The van der Waals surface area contributed by atoms with E-state index >= 15 is 0 Å². The van der Waals surface area contributed by atoms with Crippen molar-refractivity contribution in [3.05, 3.63) is 28.3 Å². The van der Waals surface area contributed by atoms with E-state index < -0.39 is 16.6 Å². The molecule has 1 unspecified atom stereocenters. The van der Waals surface area contributed by atoms with E-state index in [0.29, 0.717) is 17.0 Å². The number of benzene rings is 1. The molecule has 0 amide bonds. The molecule has 0 saturated carbocycles. The lowest BCUT2D eigenvalue weighted by Gasteiger charge is -2.28. The number of anilines is 1. The Balaban J connectivity index is 2.34. The largest absolute Gasteiger partial charge is 0.391 e. The lowest BCUT2D eigenvalue weighted by atomic mass is 9.99. The maximum Gasteiger partial charge on any atom is 0.271 e. The van der Waals surface area contributed by atoms with Crippen LogP contribution in [0, 0.1) is 10.1 Å². The zero-order valence-electron chi connectivity index (χ0n) is 11.0. The SMILES string of the molecule is CC(O)C(C)(C)Nc1nc2ccc([N+](=O)[O-])cc2[nH]1. The molecule has 0 spiro atoms. The van der Waals surface area contributed by atoms with Gasteiger partial charge in [0.1, 0.15) is 0 Å². The van der Waals surface area contributed by atoms with Gasteiger partial charge in [-0.15, -0.1) is 0 Å². The van der Waals surface area contributed by atoms with Crippen molar-refractivity contribution in [3.63, 3.8) is 0 Å². The first kappa shape index (κ1) is 13.3. The second kappa shape index (κ2) is 4.51. The summed E-state index contributed by atoms with van der Waals surface area (Å²) in [6.45, 7) is 5.36. The average molecular weight is 264 g/mol. The van der Waals surface area contributed by atoms with Crippen LogP contribution in [0.2, 0.25) is 0 Å². The van der Waals surface area contributed by atoms with Gasteiger partial charge in [0.25, 0.3) is 5.69 Å². The number of nitrogens with one attached hydrogen (secondary N) is 2. The number of H-pyrrole nitrogens is 1. The highest BCUT2D eigenvalue weighted by molar-refractivity contribution is 5.80. The number of nitrogens with zero attached hydrogens (tertiary/aromatic N) is 2. The van der Waals surface area contributed by atoms with Crippen LogP contribution in [-0.4, -0.2) is 31.6 Å². The third kappa shape index (κ3) is 2.65. The molecule has 2 aromatic rings. The molecule has 1 aromatic heterocycles. The van der Waals surface area contributed by atoms with Gasteiger partial charge in [-0.05, 0) is 26.8 Å². The van der Waals surface area contributed by atoms with Crippen molar-refractivity contribution in [2.24, 2.45) is 0 Å². The number of rotatable bonds is 4. The molecule has 19 heavy (non-hydrogen) atoms. The first-order valence-corrected chi connectivity index (χ1v) is 5.90. The number of hydrogen-bond donors (Lipinski definition) is 3. The molecule has 0 saturated heterocycles. The fraction of sp³-hybridized carbons (Fsp3) is 0.417. The van der Waals surface area contributed by atoms with E-state index in [2.05, 4.69) is 15.3 Å². The fourth-order valence-electron chi connectivity index (χ4n) is 1.58. The number of imidazole rings is 1. The second-order valence-corrected chi connectivity index (χ2v) is 5.07. The monoisotopic (exact) mass is 264 g/mol. The number of fused-ring (bicyclic) bond motifs is 1. The molecule has 2 rings (SSSR count). The van der Waals surface area contributed by atoms with Crippen molar-refractivity contribution in [3.8, 4) is 0 Å². The number of aromatic amines is 1. The van der Waals surface area contributed by atoms with E-state index in [1.54, 1.807) is 13.0 Å². The van der Waals surface area contributed by atoms with Crippen LogP contribution >= 0.6 is 0 Å². The van der Waals surface area contributed by atoms with Gasteiger partial charge in [-0.3, -0.25) is 10.1 Å². The van der Waals surface area contributed by atoms with Gasteiger partial charge in [0.05, 0.1) is 27.6 Å². The third-order valence-corrected chi connectivity index (χ3v) is 3.16. The normalized spacial score (nSPS) is 13.5. The zero-order chi connectivity index (χ0) is 14.2. The van der Waals surface area contributed by atoms with E-state index in [1.165, 1.54) is 12.1 Å². The molecule has 7 nitrogen and oxygen atoms in total. The highest BCUT2D eigenvalue weighted by atomic mass is 16.6. The molecule has 0 fully saturated rings. The Bertz CT molecular complexity index is 618. The van der Waals surface area contributed by atoms with Crippen molar-refractivity contribution < 1.29 is 10.0 Å². The van der Waals surface area contributed by atoms with Gasteiger partial charge < -0.3 is 15.4 Å². The molecule has 102 valence electrons. The van der Waals surface area contributed by atoms with Crippen LogP contribution in [-0.2, 0) is 0 Å². The first-order chi connectivity index (χ1) is 8.79. The van der Waals surface area contributed by atoms with Gasteiger partial charge in [-0.2, -0.15) is 0 Å². The van der Waals surface area contributed by atoms with Gasteiger partial charge in [-0.1, -0.05) is 0 Å². The molecule has 7 heteroatoms. The van der Waals surface area contributed by atoms with Gasteiger partial charge in [0.2, 0.25) is 5.95 Å². The Morgan fingerprint density at radius 2 is 2.21 bits per heavy atom. The summed E-state index contributed by atoms with van der Waals surface area (Å²) in [7, 11) is 0. The number of nitro groups is 1. The molecular weight excluding hydrogens is 248 g/mol. The highest BCUT2D eigenvalue weighted by Gasteiger charge is 2.25. The summed E-state index contributed by atoms with van der Waals surface area (Å²) in [6, 6.07) is 4.43. The van der Waals surface area contributed by atoms with E-state index in [0.717, 1.165) is 0 Å². The molecule has 1 heterocycles. The van der Waals surface area contributed by atoms with Gasteiger partial charge in [0.15, 0.2) is 0 Å². The maximum absolute atomic E-state index is 10.7. The Kier molecular flexibility index (Phi) is 3.15. The van der Waals surface area contributed by atoms with Crippen LogP contribution in [0.25, 0.3) is 11.0 Å². The van der Waals surface area contributed by atoms with Crippen LogP contribution in [0.1, 0.15) is 20.8 Å². The Hall–Kier alpha value is -2.15. The summed E-state index contributed by atoms with van der Waals surface area (Å²) in [4.78, 5) is 17.5. The van der Waals surface area contributed by atoms with Crippen LogP contribution in [0.3, 0.4) is 0 Å². The van der Waals surface area contributed by atoms with Crippen LogP contribution < -0.4 is 5.32 Å². The molecule has 1 aromatic carbocycles. The van der Waals surface area contributed by atoms with Crippen LogP contribution in [0.4, 0.5) is 11.6 Å². The van der Waals surface area contributed by atoms with E-state index in [-0.39, 0.29) is 5.69 Å². The number of non-ortho nitro benzene ring substituents is 1. The molecular formula is C12H16N4O3. The molecule has 0 aliphatic carbocycles. The van der Waals surface area contributed by atoms with Gasteiger partial charge in [0, 0.05) is 12.1 Å². The van der Waals surface area contributed by atoms with Gasteiger partial charge >= 0.3 is 0 Å². The van der Waals surface area contributed by atoms with E-state index in [9.17, 15) is 15.2 Å². The average Bonchev–Trinajstić information content (AvgIpc) is 2.68.